The number of sulfone groups is 1. The van der Waals surface area contributed by atoms with Crippen LogP contribution < -0.4 is 9.64 Å². The Morgan fingerprint density at radius 2 is 1.90 bits per heavy atom. The highest BCUT2D eigenvalue weighted by Gasteiger charge is 2.41. The lowest BCUT2D eigenvalue weighted by molar-refractivity contribution is -0.0384. The number of methoxy groups -OCH3 is 1. The third kappa shape index (κ3) is 5.41. The van der Waals surface area contributed by atoms with Gasteiger partial charge in [0.2, 0.25) is 11.8 Å². The third-order valence-corrected chi connectivity index (χ3v) is 8.43. The lowest BCUT2D eigenvalue weighted by atomic mass is 9.90. The van der Waals surface area contributed by atoms with Gasteiger partial charge in [0.05, 0.1) is 27.9 Å². The minimum atomic E-state index is -3.77. The van der Waals surface area contributed by atoms with Crippen LogP contribution in [0.4, 0.5) is 23.2 Å². The van der Waals surface area contributed by atoms with Gasteiger partial charge in [-0.25, -0.2) is 26.0 Å². The van der Waals surface area contributed by atoms with Crippen molar-refractivity contribution in [3.63, 3.8) is 0 Å². The average Bonchev–Trinajstić information content (AvgIpc) is 2.73. The van der Waals surface area contributed by atoms with Gasteiger partial charge in [-0.05, 0) is 54.1 Å². The summed E-state index contributed by atoms with van der Waals surface area (Å²) in [7, 11) is -2.36. The van der Waals surface area contributed by atoms with E-state index in [0.29, 0.717) is 15.9 Å². The van der Waals surface area contributed by atoms with E-state index in [-0.39, 0.29) is 55.3 Å². The maximum absolute atomic E-state index is 13.7. The van der Waals surface area contributed by atoms with Crippen molar-refractivity contribution in [2.45, 2.75) is 68.2 Å². The summed E-state index contributed by atoms with van der Waals surface area (Å²) in [4.78, 5) is 1.91. The number of alkyl halides is 4. The van der Waals surface area contributed by atoms with Gasteiger partial charge in [-0.1, -0.05) is 0 Å². The highest BCUT2D eigenvalue weighted by molar-refractivity contribution is 9.10. The molecule has 0 spiro atoms. The summed E-state index contributed by atoms with van der Waals surface area (Å²) >= 11 is 3.37. The van der Waals surface area contributed by atoms with Crippen LogP contribution in [0.25, 0.3) is 0 Å². The first-order valence-electron chi connectivity index (χ1n) is 9.94. The maximum Gasteiger partial charge on any atom is 0.248 e. The first-order chi connectivity index (χ1) is 13.8. The van der Waals surface area contributed by atoms with E-state index in [0.717, 1.165) is 6.92 Å². The molecule has 1 aromatic carbocycles. The number of ether oxygens (including phenoxy) is 1. The molecule has 0 N–H and O–H groups in total. The Morgan fingerprint density at radius 3 is 2.47 bits per heavy atom. The molecule has 2 aliphatic rings. The maximum atomic E-state index is 13.7. The fourth-order valence-corrected chi connectivity index (χ4v) is 6.64. The molecule has 1 atom stereocenters. The quantitative estimate of drug-likeness (QED) is 0.473. The van der Waals surface area contributed by atoms with Crippen LogP contribution in [0.1, 0.15) is 45.4 Å². The molecule has 1 aromatic rings. The lowest BCUT2D eigenvalue weighted by Gasteiger charge is -2.39. The largest absolute Gasteiger partial charge is 0.496 e. The van der Waals surface area contributed by atoms with Crippen molar-refractivity contribution >= 4 is 31.5 Å². The molecular weight excluding hydrogens is 490 g/mol. The Labute approximate surface area is 183 Å². The van der Waals surface area contributed by atoms with Crippen LogP contribution in [-0.2, 0) is 9.84 Å². The second-order valence-corrected chi connectivity index (χ2v) is 11.3. The number of nitrogens with zero attached hydrogens (tertiary/aromatic N) is 1. The number of rotatable bonds is 5. The SMILES string of the molecule is COc1cc2c(cc1Br)N(C1CCC(F)(F)CC1)CC(CCC(C)(F)F)CS2(=O)=O. The Bertz CT molecular complexity index is 879. The van der Waals surface area contributed by atoms with E-state index in [2.05, 4.69) is 15.9 Å². The van der Waals surface area contributed by atoms with E-state index in [1.54, 1.807) is 6.07 Å². The molecule has 0 radical (unpaired) electrons. The number of benzene rings is 1. The topological polar surface area (TPSA) is 46.6 Å². The van der Waals surface area contributed by atoms with Crippen LogP contribution in [0.15, 0.2) is 21.5 Å². The van der Waals surface area contributed by atoms with E-state index < -0.39 is 34.0 Å². The molecule has 30 heavy (non-hydrogen) atoms. The monoisotopic (exact) mass is 515 g/mol. The molecule has 0 aromatic heterocycles. The molecule has 4 nitrogen and oxygen atoms in total. The van der Waals surface area contributed by atoms with Crippen LogP contribution in [0.5, 0.6) is 5.75 Å². The average molecular weight is 516 g/mol. The van der Waals surface area contributed by atoms with Gasteiger partial charge in [0.15, 0.2) is 9.84 Å². The van der Waals surface area contributed by atoms with E-state index in [1.165, 1.54) is 13.2 Å². The number of hydrogen-bond donors (Lipinski definition) is 0. The summed E-state index contributed by atoms with van der Waals surface area (Å²) in [5.41, 5.74) is 0.420. The molecule has 0 bridgehead atoms. The van der Waals surface area contributed by atoms with Gasteiger partial charge in [0, 0.05) is 37.9 Å². The summed E-state index contributed by atoms with van der Waals surface area (Å²) in [6.45, 7) is 1.05. The van der Waals surface area contributed by atoms with Gasteiger partial charge in [0.1, 0.15) is 5.75 Å². The van der Waals surface area contributed by atoms with Gasteiger partial charge in [-0.2, -0.15) is 0 Å². The van der Waals surface area contributed by atoms with Gasteiger partial charge in [0.25, 0.3) is 0 Å². The summed E-state index contributed by atoms with van der Waals surface area (Å²) in [5, 5.41) is 0. The van der Waals surface area contributed by atoms with Crippen molar-refractivity contribution in [3.05, 3.63) is 16.6 Å². The smallest absolute Gasteiger partial charge is 0.248 e. The highest BCUT2D eigenvalue weighted by atomic mass is 79.9. The van der Waals surface area contributed by atoms with Crippen molar-refractivity contribution in [1.29, 1.82) is 0 Å². The number of halogens is 5. The molecule has 1 saturated carbocycles. The van der Waals surface area contributed by atoms with Crippen LogP contribution in [0.3, 0.4) is 0 Å². The Kier molecular flexibility index (Phi) is 6.68. The lowest BCUT2D eigenvalue weighted by Crippen LogP contribution is -2.43. The molecule has 1 aliphatic heterocycles. The van der Waals surface area contributed by atoms with Crippen LogP contribution in [0.2, 0.25) is 0 Å². The van der Waals surface area contributed by atoms with Gasteiger partial charge in [-0.3, -0.25) is 0 Å². The van der Waals surface area contributed by atoms with E-state index in [4.69, 9.17) is 4.74 Å². The molecule has 1 heterocycles. The molecule has 1 unspecified atom stereocenters. The zero-order valence-corrected chi connectivity index (χ0v) is 19.3. The molecule has 1 fully saturated rings. The van der Waals surface area contributed by atoms with Crippen LogP contribution in [-0.4, -0.2) is 45.7 Å². The number of anilines is 1. The molecular formula is C20H26BrF4NO3S. The predicted molar refractivity (Wildman–Crippen MR) is 111 cm³/mol. The fourth-order valence-electron chi connectivity index (χ4n) is 4.30. The first kappa shape index (κ1) is 23.6. The van der Waals surface area contributed by atoms with E-state index in [1.807, 2.05) is 4.90 Å². The minimum Gasteiger partial charge on any atom is -0.496 e. The summed E-state index contributed by atoms with van der Waals surface area (Å²) in [5.74, 6) is -6.07. The summed E-state index contributed by atoms with van der Waals surface area (Å²) in [6, 6.07) is 2.78. The first-order valence-corrected chi connectivity index (χ1v) is 12.4. The Balaban J connectivity index is 2.02. The van der Waals surface area contributed by atoms with Crippen molar-refractivity contribution in [2.24, 2.45) is 5.92 Å². The van der Waals surface area contributed by atoms with Crippen molar-refractivity contribution in [3.8, 4) is 5.75 Å². The van der Waals surface area contributed by atoms with Gasteiger partial charge >= 0.3 is 0 Å². The van der Waals surface area contributed by atoms with Gasteiger partial charge in [-0.15, -0.1) is 0 Å². The zero-order valence-electron chi connectivity index (χ0n) is 16.9. The third-order valence-electron chi connectivity index (χ3n) is 5.91. The van der Waals surface area contributed by atoms with E-state index >= 15 is 0 Å². The second-order valence-electron chi connectivity index (χ2n) is 8.45. The Hall–Kier alpha value is -1.03. The van der Waals surface area contributed by atoms with Gasteiger partial charge < -0.3 is 9.64 Å². The molecule has 170 valence electrons. The molecule has 10 heteroatoms. The molecule has 3 rings (SSSR count). The number of hydrogen-bond acceptors (Lipinski definition) is 4. The molecule has 0 amide bonds. The zero-order chi connectivity index (χ0) is 22.3. The second kappa shape index (κ2) is 8.48. The number of fused-ring (bicyclic) bond motifs is 1. The van der Waals surface area contributed by atoms with Crippen molar-refractivity contribution in [2.75, 3.05) is 24.3 Å². The predicted octanol–water partition coefficient (Wildman–Crippen LogP) is 5.68. The normalized spacial score (nSPS) is 24.2. The summed E-state index contributed by atoms with van der Waals surface area (Å²) < 4.78 is 86.4. The molecule has 0 saturated heterocycles. The van der Waals surface area contributed by atoms with Crippen molar-refractivity contribution < 1.29 is 30.7 Å². The van der Waals surface area contributed by atoms with Crippen LogP contribution >= 0.6 is 15.9 Å². The highest BCUT2D eigenvalue weighted by Crippen LogP contribution is 2.44. The standard InChI is InChI=1S/C20H26BrF4NO3S/c1-19(22,23)6-3-13-11-26(14-4-7-20(24,25)8-5-14)16-9-15(21)17(29-2)10-18(16)30(27,28)12-13/h9-10,13-14H,3-8,11-12H2,1-2H3. The summed E-state index contributed by atoms with van der Waals surface area (Å²) in [6.07, 6.45) is -0.502. The van der Waals surface area contributed by atoms with Crippen molar-refractivity contribution in [1.82, 2.24) is 0 Å². The van der Waals surface area contributed by atoms with E-state index in [9.17, 15) is 26.0 Å². The van der Waals surface area contributed by atoms with Crippen LogP contribution in [0, 0.1) is 5.92 Å². The minimum absolute atomic E-state index is 0.0361. The fraction of sp³-hybridized carbons (Fsp3) is 0.700. The Morgan fingerprint density at radius 1 is 1.27 bits per heavy atom. The molecule has 1 aliphatic carbocycles.